The molecule has 0 unspecified atom stereocenters. The summed E-state index contributed by atoms with van der Waals surface area (Å²) in [6.45, 7) is 4.09. The average Bonchev–Trinajstić information content (AvgIpc) is 3.19. The monoisotopic (exact) mass is 384 g/mol. The summed E-state index contributed by atoms with van der Waals surface area (Å²) in [5, 5.41) is 9.62. The van der Waals surface area contributed by atoms with Gasteiger partial charge in [-0.1, -0.05) is 17.7 Å². The van der Waals surface area contributed by atoms with E-state index in [0.717, 1.165) is 16.6 Å². The van der Waals surface area contributed by atoms with Gasteiger partial charge >= 0.3 is 5.97 Å². The van der Waals surface area contributed by atoms with E-state index in [0.29, 0.717) is 27.7 Å². The van der Waals surface area contributed by atoms with E-state index in [1.165, 1.54) is 4.90 Å². The van der Waals surface area contributed by atoms with Gasteiger partial charge in [0.1, 0.15) is 5.52 Å². The minimum atomic E-state index is -0.968. The van der Waals surface area contributed by atoms with Crippen molar-refractivity contribution in [2.45, 2.75) is 20.3 Å². The van der Waals surface area contributed by atoms with Crippen molar-refractivity contribution in [2.75, 3.05) is 11.4 Å². The molecule has 7 heteroatoms. The summed E-state index contributed by atoms with van der Waals surface area (Å²) in [6, 6.07) is 9.04. The first kappa shape index (κ1) is 17.5. The zero-order valence-corrected chi connectivity index (χ0v) is 15.6. The second-order valence-corrected chi connectivity index (χ2v) is 7.26. The van der Waals surface area contributed by atoms with Crippen LogP contribution in [0.3, 0.4) is 0 Å². The minimum Gasteiger partial charge on any atom is -0.481 e. The average molecular weight is 385 g/mol. The molecule has 1 aliphatic heterocycles. The maximum atomic E-state index is 12.2. The number of rotatable bonds is 3. The number of carbonyl (C=O) groups excluding carboxylic acids is 1. The number of hydrogen-bond donors (Lipinski definition) is 1. The molecule has 0 bridgehead atoms. The number of carboxylic acid groups (broad SMARTS) is 1. The molecular weight excluding hydrogens is 368 g/mol. The van der Waals surface area contributed by atoms with Crippen molar-refractivity contribution in [3.63, 3.8) is 0 Å². The Morgan fingerprint density at radius 2 is 2.07 bits per heavy atom. The van der Waals surface area contributed by atoms with Gasteiger partial charge in [0.2, 0.25) is 11.8 Å². The molecule has 2 aromatic carbocycles. The molecule has 1 aliphatic rings. The molecule has 27 heavy (non-hydrogen) atoms. The number of carboxylic acids is 1. The number of oxazole rings is 1. The molecule has 0 saturated carbocycles. The van der Waals surface area contributed by atoms with Gasteiger partial charge in [-0.15, -0.1) is 0 Å². The highest BCUT2D eigenvalue weighted by atomic mass is 35.5. The number of fused-ring (bicyclic) bond motifs is 1. The second-order valence-electron chi connectivity index (χ2n) is 6.86. The molecule has 3 aromatic rings. The minimum absolute atomic E-state index is 0.00531. The molecule has 0 spiro atoms. The Kier molecular flexibility index (Phi) is 4.15. The van der Waals surface area contributed by atoms with E-state index in [4.69, 9.17) is 16.0 Å². The number of amides is 1. The molecule has 4 rings (SSSR count). The van der Waals surface area contributed by atoms with E-state index in [1.54, 1.807) is 18.2 Å². The van der Waals surface area contributed by atoms with Crippen molar-refractivity contribution in [3.8, 4) is 11.5 Å². The van der Waals surface area contributed by atoms with E-state index in [9.17, 15) is 14.7 Å². The van der Waals surface area contributed by atoms with E-state index in [2.05, 4.69) is 4.98 Å². The summed E-state index contributed by atoms with van der Waals surface area (Å²) in [4.78, 5) is 29.5. The zero-order chi connectivity index (χ0) is 19.3. The summed E-state index contributed by atoms with van der Waals surface area (Å²) < 4.78 is 5.93. The molecule has 6 nitrogen and oxygen atoms in total. The topological polar surface area (TPSA) is 83.6 Å². The highest BCUT2D eigenvalue weighted by molar-refractivity contribution is 6.33. The van der Waals surface area contributed by atoms with Crippen molar-refractivity contribution in [1.29, 1.82) is 0 Å². The van der Waals surface area contributed by atoms with Crippen LogP contribution in [0.15, 0.2) is 34.7 Å². The Bertz CT molecular complexity index is 1090. The van der Waals surface area contributed by atoms with Gasteiger partial charge in [-0.25, -0.2) is 4.98 Å². The first-order chi connectivity index (χ1) is 12.8. The Hall–Kier alpha value is -2.86. The number of aromatic nitrogens is 1. The SMILES string of the molecule is Cc1cc(C)c2oc(-c3cc(N4C[C@@H](C(=O)O)CC4=O)ccc3Cl)nc2c1. The molecule has 1 atom stereocenters. The zero-order valence-electron chi connectivity index (χ0n) is 14.8. The molecule has 1 saturated heterocycles. The largest absolute Gasteiger partial charge is 0.481 e. The molecular formula is C20H17ClN2O4. The van der Waals surface area contributed by atoms with Crippen molar-refractivity contribution in [1.82, 2.24) is 4.98 Å². The van der Waals surface area contributed by atoms with Crippen LogP contribution in [0.2, 0.25) is 5.02 Å². The fourth-order valence-electron chi connectivity index (χ4n) is 3.46. The number of aryl methyl sites for hydroxylation is 2. The number of benzene rings is 2. The lowest BCUT2D eigenvalue weighted by Crippen LogP contribution is -2.25. The van der Waals surface area contributed by atoms with Crippen LogP contribution in [-0.2, 0) is 9.59 Å². The van der Waals surface area contributed by atoms with Crippen LogP contribution in [0.5, 0.6) is 0 Å². The Morgan fingerprint density at radius 1 is 1.30 bits per heavy atom. The smallest absolute Gasteiger partial charge is 0.308 e. The number of hydrogen-bond acceptors (Lipinski definition) is 4. The lowest BCUT2D eigenvalue weighted by Gasteiger charge is -2.17. The van der Waals surface area contributed by atoms with Crippen LogP contribution < -0.4 is 4.90 Å². The van der Waals surface area contributed by atoms with Crippen LogP contribution in [0.25, 0.3) is 22.6 Å². The summed E-state index contributed by atoms with van der Waals surface area (Å²) in [6.07, 6.45) is -0.00531. The Balaban J connectivity index is 1.77. The van der Waals surface area contributed by atoms with Crippen molar-refractivity contribution >= 4 is 40.3 Å². The summed E-state index contributed by atoms with van der Waals surface area (Å²) in [7, 11) is 0. The van der Waals surface area contributed by atoms with Crippen LogP contribution in [-0.4, -0.2) is 28.5 Å². The molecule has 2 heterocycles. The van der Waals surface area contributed by atoms with Gasteiger partial charge < -0.3 is 14.4 Å². The van der Waals surface area contributed by atoms with Gasteiger partial charge in [0.15, 0.2) is 5.58 Å². The third-order valence-corrected chi connectivity index (χ3v) is 5.12. The number of halogens is 1. The number of carbonyl (C=O) groups is 2. The quantitative estimate of drug-likeness (QED) is 0.731. The number of anilines is 1. The van der Waals surface area contributed by atoms with E-state index in [-0.39, 0.29) is 18.9 Å². The molecule has 1 N–H and O–H groups in total. The normalized spacial score (nSPS) is 17.1. The molecule has 0 aliphatic carbocycles. The maximum absolute atomic E-state index is 12.2. The summed E-state index contributed by atoms with van der Waals surface area (Å²) in [5.74, 6) is -1.52. The van der Waals surface area contributed by atoms with Gasteiger partial charge in [0.25, 0.3) is 0 Å². The lowest BCUT2D eigenvalue weighted by atomic mass is 10.1. The van der Waals surface area contributed by atoms with Crippen LogP contribution in [0.1, 0.15) is 17.5 Å². The van der Waals surface area contributed by atoms with Gasteiger partial charge in [0, 0.05) is 18.7 Å². The first-order valence-electron chi connectivity index (χ1n) is 8.54. The van der Waals surface area contributed by atoms with Crippen molar-refractivity contribution in [2.24, 2.45) is 5.92 Å². The molecule has 1 aromatic heterocycles. The summed E-state index contributed by atoms with van der Waals surface area (Å²) in [5.41, 5.74) is 4.65. The van der Waals surface area contributed by atoms with Crippen molar-refractivity contribution < 1.29 is 19.1 Å². The van der Waals surface area contributed by atoms with E-state index >= 15 is 0 Å². The first-order valence-corrected chi connectivity index (χ1v) is 8.92. The third-order valence-electron chi connectivity index (χ3n) is 4.79. The van der Waals surface area contributed by atoms with E-state index in [1.807, 2.05) is 26.0 Å². The maximum Gasteiger partial charge on any atom is 0.308 e. The van der Waals surface area contributed by atoms with Crippen LogP contribution in [0, 0.1) is 19.8 Å². The summed E-state index contributed by atoms with van der Waals surface area (Å²) >= 11 is 6.35. The third kappa shape index (κ3) is 3.06. The predicted octanol–water partition coefficient (Wildman–Crippen LogP) is 4.20. The number of nitrogens with zero attached hydrogens (tertiary/aromatic N) is 2. The number of aliphatic carboxylic acids is 1. The second kappa shape index (κ2) is 6.39. The molecule has 138 valence electrons. The fourth-order valence-corrected chi connectivity index (χ4v) is 3.66. The standard InChI is InChI=1S/C20H17ClN2O4/c1-10-5-11(2)18-16(6-10)22-19(27-18)14-8-13(3-4-15(14)21)23-9-12(20(25)26)7-17(23)24/h3-6,8,12H,7,9H2,1-2H3,(H,25,26)/t12-/m0/s1. The molecule has 1 amide bonds. The van der Waals surface area contributed by atoms with Gasteiger partial charge in [-0.05, 0) is 49.2 Å². The predicted molar refractivity (Wildman–Crippen MR) is 102 cm³/mol. The van der Waals surface area contributed by atoms with E-state index < -0.39 is 11.9 Å². The van der Waals surface area contributed by atoms with Gasteiger partial charge in [-0.2, -0.15) is 0 Å². The Morgan fingerprint density at radius 3 is 2.78 bits per heavy atom. The Labute approximate surface area is 160 Å². The highest BCUT2D eigenvalue weighted by Gasteiger charge is 2.35. The fraction of sp³-hybridized carbons (Fsp3) is 0.250. The van der Waals surface area contributed by atoms with Gasteiger partial charge in [-0.3, -0.25) is 9.59 Å². The van der Waals surface area contributed by atoms with Crippen molar-refractivity contribution in [3.05, 3.63) is 46.5 Å². The lowest BCUT2D eigenvalue weighted by molar-refractivity contribution is -0.141. The molecule has 1 fully saturated rings. The van der Waals surface area contributed by atoms with Crippen LogP contribution >= 0.6 is 11.6 Å². The molecule has 0 radical (unpaired) electrons. The van der Waals surface area contributed by atoms with Gasteiger partial charge in [0.05, 0.1) is 16.5 Å². The van der Waals surface area contributed by atoms with Crippen LogP contribution in [0.4, 0.5) is 5.69 Å². The highest BCUT2D eigenvalue weighted by Crippen LogP contribution is 2.36.